The molecule has 208 valence electrons. The molecule has 1 saturated heterocycles. The highest BCUT2D eigenvalue weighted by Gasteiger charge is 2.60. The van der Waals surface area contributed by atoms with Crippen molar-refractivity contribution in [1.29, 1.82) is 0 Å². The molecule has 0 spiro atoms. The van der Waals surface area contributed by atoms with E-state index in [1.807, 2.05) is 19.1 Å². The van der Waals surface area contributed by atoms with Crippen molar-refractivity contribution in [3.05, 3.63) is 63.9 Å². The zero-order valence-electron chi connectivity index (χ0n) is 22.9. The number of rotatable bonds is 11. The minimum absolute atomic E-state index is 0.0109. The summed E-state index contributed by atoms with van der Waals surface area (Å²) >= 11 is 1.48. The number of ether oxygens (including phenoxy) is 2. The predicted octanol–water partition coefficient (Wildman–Crippen LogP) is 4.86. The number of thiazole rings is 1. The normalized spacial score (nSPS) is 23.6. The molecule has 3 aromatic rings. The number of carboxylic acid groups (broad SMARTS) is 1. The summed E-state index contributed by atoms with van der Waals surface area (Å²) in [5, 5.41) is 15.8. The van der Waals surface area contributed by atoms with Gasteiger partial charge in [0.05, 0.1) is 26.3 Å². The fourth-order valence-corrected chi connectivity index (χ4v) is 7.33. The molecule has 5 rings (SSSR count). The summed E-state index contributed by atoms with van der Waals surface area (Å²) < 4.78 is 12.9. The van der Waals surface area contributed by atoms with Crippen molar-refractivity contribution in [2.45, 2.75) is 69.5 Å². The number of methoxy groups -OCH3 is 2. The summed E-state index contributed by atoms with van der Waals surface area (Å²) in [5.41, 5.74) is 0.0631. The quantitative estimate of drug-likeness (QED) is 0.362. The lowest BCUT2D eigenvalue weighted by Crippen LogP contribution is -2.56. The van der Waals surface area contributed by atoms with Gasteiger partial charge in [0, 0.05) is 47.6 Å². The fourth-order valence-electron chi connectivity index (χ4n) is 6.37. The Morgan fingerprint density at radius 3 is 2.62 bits per heavy atom. The molecule has 0 unspecified atom stereocenters. The predicted molar refractivity (Wildman–Crippen MR) is 147 cm³/mol. The highest BCUT2D eigenvalue weighted by Crippen LogP contribution is 2.55. The summed E-state index contributed by atoms with van der Waals surface area (Å²) in [5.74, 6) is -1.04. The van der Waals surface area contributed by atoms with Crippen LogP contribution in [0.3, 0.4) is 0 Å². The van der Waals surface area contributed by atoms with E-state index in [-0.39, 0.29) is 30.2 Å². The lowest BCUT2D eigenvalue weighted by atomic mass is 9.89. The van der Waals surface area contributed by atoms with E-state index >= 15 is 0 Å². The van der Waals surface area contributed by atoms with Crippen LogP contribution < -0.4 is 4.74 Å². The van der Waals surface area contributed by atoms with Crippen molar-refractivity contribution in [3.8, 4) is 5.75 Å². The largest absolute Gasteiger partial charge is 0.496 e. The van der Waals surface area contributed by atoms with Crippen LogP contribution in [0.4, 0.5) is 0 Å². The van der Waals surface area contributed by atoms with Gasteiger partial charge in [-0.1, -0.05) is 19.4 Å². The fraction of sp³-hybridized carbons (Fsp3) is 0.517. The molecular formula is C29H36N4O5S. The molecule has 1 saturated carbocycles. The zero-order chi connectivity index (χ0) is 27.8. The molecular weight excluding hydrogens is 516 g/mol. The summed E-state index contributed by atoms with van der Waals surface area (Å²) in [4.78, 5) is 34.9. The third-order valence-corrected chi connectivity index (χ3v) is 9.24. The Kier molecular flexibility index (Phi) is 7.52. The number of benzene rings is 1. The Bertz CT molecular complexity index is 1340. The number of likely N-dealkylation sites (tertiary alicyclic amines) is 1. The molecule has 10 heteroatoms. The number of hydrogen-bond acceptors (Lipinski definition) is 7. The Labute approximate surface area is 232 Å². The molecule has 3 atom stereocenters. The Hall–Kier alpha value is -3.24. The minimum atomic E-state index is -1.55. The van der Waals surface area contributed by atoms with Crippen LogP contribution in [0.2, 0.25) is 0 Å². The number of aromatic nitrogens is 3. The average molecular weight is 553 g/mol. The van der Waals surface area contributed by atoms with Gasteiger partial charge in [-0.05, 0) is 56.2 Å². The van der Waals surface area contributed by atoms with Crippen molar-refractivity contribution in [2.75, 3.05) is 20.8 Å². The topological polar surface area (TPSA) is 107 Å². The minimum Gasteiger partial charge on any atom is -0.496 e. The molecule has 1 aliphatic carbocycles. The van der Waals surface area contributed by atoms with E-state index < -0.39 is 17.6 Å². The molecule has 2 aromatic heterocycles. The molecule has 2 fully saturated rings. The van der Waals surface area contributed by atoms with E-state index in [4.69, 9.17) is 9.47 Å². The maximum Gasteiger partial charge on any atom is 0.331 e. The summed E-state index contributed by atoms with van der Waals surface area (Å²) in [6.45, 7) is 4.44. The molecule has 1 N–H and O–H groups in total. The monoisotopic (exact) mass is 552 g/mol. The van der Waals surface area contributed by atoms with Crippen LogP contribution in [0.1, 0.15) is 70.9 Å². The van der Waals surface area contributed by atoms with Gasteiger partial charge in [-0.3, -0.25) is 9.48 Å². The van der Waals surface area contributed by atoms with E-state index in [1.165, 1.54) is 16.2 Å². The standard InChI is InChI=1S/C29H36N4O5S/c1-5-9-28(10-11-28)22-8-7-20(14-23(22)38-4)26(34)33-24(25-30-16-19(2)39-25)21(17-37-3)15-29(33,27(35)36)18-32-13-6-12-31-32/h6-8,12-14,16,21,24H,5,9-11,15,17-18H2,1-4H3,(H,35,36)/t21-,24-,29-/m1/s1. The average Bonchev–Trinajstić information content (AvgIpc) is 3.22. The second-order valence-corrected chi connectivity index (χ2v) is 12.1. The molecule has 1 amide bonds. The first-order valence-electron chi connectivity index (χ1n) is 13.4. The van der Waals surface area contributed by atoms with Gasteiger partial charge < -0.3 is 19.5 Å². The number of aliphatic carboxylic acids is 1. The summed E-state index contributed by atoms with van der Waals surface area (Å²) in [6, 6.07) is 6.78. The number of amides is 1. The summed E-state index contributed by atoms with van der Waals surface area (Å²) in [6.07, 6.45) is 9.65. The van der Waals surface area contributed by atoms with Crippen LogP contribution >= 0.6 is 11.3 Å². The first-order valence-corrected chi connectivity index (χ1v) is 14.2. The van der Waals surface area contributed by atoms with Gasteiger partial charge in [-0.2, -0.15) is 5.10 Å². The number of hydrogen-bond donors (Lipinski definition) is 1. The lowest BCUT2D eigenvalue weighted by Gasteiger charge is -2.37. The van der Waals surface area contributed by atoms with Crippen molar-refractivity contribution < 1.29 is 24.2 Å². The lowest BCUT2D eigenvalue weighted by molar-refractivity contribution is -0.150. The Morgan fingerprint density at radius 1 is 1.26 bits per heavy atom. The molecule has 2 aliphatic rings. The van der Waals surface area contributed by atoms with Gasteiger partial charge in [-0.15, -0.1) is 11.3 Å². The van der Waals surface area contributed by atoms with Crippen LogP contribution in [0.25, 0.3) is 0 Å². The van der Waals surface area contributed by atoms with Gasteiger partial charge in [0.1, 0.15) is 10.8 Å². The molecule has 0 radical (unpaired) electrons. The summed E-state index contributed by atoms with van der Waals surface area (Å²) in [7, 11) is 3.22. The van der Waals surface area contributed by atoms with Crippen molar-refractivity contribution in [1.82, 2.24) is 19.7 Å². The zero-order valence-corrected chi connectivity index (χ0v) is 23.7. The van der Waals surface area contributed by atoms with E-state index in [0.29, 0.717) is 22.9 Å². The van der Waals surface area contributed by atoms with Gasteiger partial charge in [0.15, 0.2) is 5.54 Å². The van der Waals surface area contributed by atoms with Crippen LogP contribution in [-0.4, -0.2) is 63.0 Å². The molecule has 1 aromatic carbocycles. The third-order valence-electron chi connectivity index (χ3n) is 8.26. The maximum absolute atomic E-state index is 14.5. The van der Waals surface area contributed by atoms with E-state index in [9.17, 15) is 14.7 Å². The van der Waals surface area contributed by atoms with E-state index in [0.717, 1.165) is 36.1 Å². The third kappa shape index (κ3) is 4.84. The number of nitrogens with zero attached hydrogens (tertiary/aromatic N) is 4. The second-order valence-electron chi connectivity index (χ2n) is 10.8. The molecule has 39 heavy (non-hydrogen) atoms. The Morgan fingerprint density at radius 2 is 2.05 bits per heavy atom. The van der Waals surface area contributed by atoms with Gasteiger partial charge in [-0.25, -0.2) is 9.78 Å². The molecule has 3 heterocycles. The highest BCUT2D eigenvalue weighted by molar-refractivity contribution is 7.11. The van der Waals surface area contributed by atoms with Crippen molar-refractivity contribution in [3.63, 3.8) is 0 Å². The Balaban J connectivity index is 1.63. The van der Waals surface area contributed by atoms with E-state index in [2.05, 4.69) is 17.0 Å². The first-order chi connectivity index (χ1) is 18.8. The SMILES string of the molecule is CCCC1(c2ccc(C(=O)N3[C@@H](c4ncc(C)s4)[C@@H](COC)C[C@@]3(Cn3cccn3)C(=O)O)cc2OC)CC1. The van der Waals surface area contributed by atoms with Crippen LogP contribution in [0, 0.1) is 12.8 Å². The molecule has 9 nitrogen and oxygen atoms in total. The van der Waals surface area contributed by atoms with Crippen LogP contribution in [0.15, 0.2) is 42.9 Å². The van der Waals surface area contributed by atoms with Crippen LogP contribution in [-0.2, 0) is 21.5 Å². The smallest absolute Gasteiger partial charge is 0.331 e. The number of aryl methyl sites for hydroxylation is 1. The van der Waals surface area contributed by atoms with Crippen molar-refractivity contribution in [2.24, 2.45) is 5.92 Å². The van der Waals surface area contributed by atoms with Gasteiger partial charge >= 0.3 is 5.97 Å². The van der Waals surface area contributed by atoms with Gasteiger partial charge in [0.2, 0.25) is 0 Å². The van der Waals surface area contributed by atoms with E-state index in [1.54, 1.807) is 49.6 Å². The second kappa shape index (κ2) is 10.7. The number of carboxylic acids is 1. The van der Waals surface area contributed by atoms with Gasteiger partial charge in [0.25, 0.3) is 5.91 Å². The first kappa shape index (κ1) is 27.3. The molecule has 0 bridgehead atoms. The van der Waals surface area contributed by atoms with Crippen LogP contribution in [0.5, 0.6) is 5.75 Å². The molecule has 1 aliphatic heterocycles. The van der Waals surface area contributed by atoms with Crippen molar-refractivity contribution >= 4 is 23.2 Å². The number of carbonyl (C=O) groups is 2. The highest BCUT2D eigenvalue weighted by atomic mass is 32.1. The number of carbonyl (C=O) groups excluding carboxylic acids is 1. The maximum atomic E-state index is 14.5.